The summed E-state index contributed by atoms with van der Waals surface area (Å²) in [6, 6.07) is 20.1. The van der Waals surface area contributed by atoms with Crippen LogP contribution < -0.4 is 5.32 Å². The molecule has 0 saturated carbocycles. The minimum Gasteiger partial charge on any atom is -0.343 e. The van der Waals surface area contributed by atoms with Crippen molar-refractivity contribution < 1.29 is 17.6 Å². The Morgan fingerprint density at radius 3 is 2.28 bits per heavy atom. The molecule has 1 N–H and O–H groups in total. The average molecular weight is 454 g/mol. The van der Waals surface area contributed by atoms with Gasteiger partial charge in [0, 0.05) is 25.2 Å². The van der Waals surface area contributed by atoms with Crippen LogP contribution in [0, 0.1) is 11.7 Å². The predicted octanol–water partition coefficient (Wildman–Crippen LogP) is 3.53. The van der Waals surface area contributed by atoms with Gasteiger partial charge >= 0.3 is 0 Å². The second-order valence-electron chi connectivity index (χ2n) is 7.72. The molecule has 6 nitrogen and oxygen atoms in total. The zero-order valence-corrected chi connectivity index (χ0v) is 18.2. The average Bonchev–Trinajstić information content (AvgIpc) is 2.84. The van der Waals surface area contributed by atoms with Gasteiger partial charge in [-0.1, -0.05) is 48.5 Å². The molecule has 1 atom stereocenters. The normalized spacial score (nSPS) is 16.4. The summed E-state index contributed by atoms with van der Waals surface area (Å²) in [5.74, 6) is -1.25. The first-order valence-corrected chi connectivity index (χ1v) is 11.9. The summed E-state index contributed by atoms with van der Waals surface area (Å²) >= 11 is 0. The summed E-state index contributed by atoms with van der Waals surface area (Å²) in [7, 11) is -3.93. The molecule has 1 aliphatic heterocycles. The van der Waals surface area contributed by atoms with Gasteiger partial charge in [0.2, 0.25) is 15.9 Å². The maximum atomic E-state index is 14.0. The van der Waals surface area contributed by atoms with E-state index in [1.54, 1.807) is 6.20 Å². The smallest absolute Gasteiger partial charge is 0.245 e. The Bertz CT molecular complexity index is 1130. The van der Waals surface area contributed by atoms with E-state index in [1.165, 1.54) is 22.5 Å². The maximum absolute atomic E-state index is 14.0. The zero-order valence-electron chi connectivity index (χ0n) is 17.4. The number of halogens is 1. The first kappa shape index (κ1) is 22.1. The van der Waals surface area contributed by atoms with Gasteiger partial charge in [-0.05, 0) is 42.7 Å². The fourth-order valence-electron chi connectivity index (χ4n) is 3.93. The number of sulfonamides is 1. The lowest BCUT2D eigenvalue weighted by Crippen LogP contribution is -2.44. The van der Waals surface area contributed by atoms with Crippen molar-refractivity contribution in [2.45, 2.75) is 23.8 Å². The Balaban J connectivity index is 1.45. The van der Waals surface area contributed by atoms with Gasteiger partial charge in [-0.15, -0.1) is 0 Å². The third kappa shape index (κ3) is 4.71. The van der Waals surface area contributed by atoms with E-state index in [4.69, 9.17) is 0 Å². The van der Waals surface area contributed by atoms with Crippen molar-refractivity contribution in [1.29, 1.82) is 0 Å². The highest BCUT2D eigenvalue weighted by Crippen LogP contribution is 2.27. The lowest BCUT2D eigenvalue weighted by Gasteiger charge is -2.31. The summed E-state index contributed by atoms with van der Waals surface area (Å²) in [6.45, 7) is 0.322. The summed E-state index contributed by atoms with van der Waals surface area (Å²) in [6.07, 6.45) is 2.41. The van der Waals surface area contributed by atoms with Crippen LogP contribution in [0.15, 0.2) is 83.9 Å². The van der Waals surface area contributed by atoms with Crippen LogP contribution in [0.5, 0.6) is 0 Å². The van der Waals surface area contributed by atoms with Crippen molar-refractivity contribution in [1.82, 2.24) is 14.6 Å². The van der Waals surface area contributed by atoms with Gasteiger partial charge in [0.1, 0.15) is 10.7 Å². The van der Waals surface area contributed by atoms with Crippen molar-refractivity contribution in [2.75, 3.05) is 13.1 Å². The van der Waals surface area contributed by atoms with E-state index < -0.39 is 21.9 Å². The molecular formula is C24H24FN3O3S. The fourth-order valence-corrected chi connectivity index (χ4v) is 5.47. The number of piperidine rings is 1. The number of aromatic nitrogens is 1. The van der Waals surface area contributed by atoms with E-state index in [9.17, 15) is 17.6 Å². The lowest BCUT2D eigenvalue weighted by molar-refractivity contribution is -0.126. The summed E-state index contributed by atoms with van der Waals surface area (Å²) in [4.78, 5) is 17.1. The molecule has 166 valence electrons. The summed E-state index contributed by atoms with van der Waals surface area (Å²) < 4.78 is 40.9. The Kier molecular flexibility index (Phi) is 6.62. The standard InChI is InChI=1S/C24H24FN3O3S/c25-20-10-4-5-12-22(20)32(30,31)28-16-13-19(14-17-28)24(29)27-23(18-8-2-1-3-9-18)21-11-6-7-15-26-21/h1-12,15,19,23H,13-14,16-17H2,(H,27,29). The first-order chi connectivity index (χ1) is 15.5. The quantitative estimate of drug-likeness (QED) is 0.619. The van der Waals surface area contributed by atoms with Crippen LogP contribution in [0.2, 0.25) is 0 Å². The largest absolute Gasteiger partial charge is 0.343 e. The number of rotatable bonds is 6. The topological polar surface area (TPSA) is 79.4 Å². The van der Waals surface area contributed by atoms with Crippen molar-refractivity contribution in [3.05, 3.63) is 96.1 Å². The molecule has 32 heavy (non-hydrogen) atoms. The molecule has 2 heterocycles. The van der Waals surface area contributed by atoms with E-state index in [0.29, 0.717) is 12.8 Å². The minimum atomic E-state index is -3.93. The van der Waals surface area contributed by atoms with Gasteiger partial charge in [0.25, 0.3) is 0 Å². The SMILES string of the molecule is O=C(NC(c1ccccc1)c1ccccn1)C1CCN(S(=O)(=O)c2ccccc2F)CC1. The number of nitrogens with zero attached hydrogens (tertiary/aromatic N) is 2. The van der Waals surface area contributed by atoms with Crippen molar-refractivity contribution >= 4 is 15.9 Å². The molecule has 1 amide bonds. The van der Waals surface area contributed by atoms with Crippen LogP contribution in [-0.4, -0.2) is 36.7 Å². The number of carbonyl (C=O) groups is 1. The number of benzene rings is 2. The second-order valence-corrected chi connectivity index (χ2v) is 9.62. The third-order valence-electron chi connectivity index (χ3n) is 5.68. The maximum Gasteiger partial charge on any atom is 0.245 e. The van der Waals surface area contributed by atoms with Gasteiger partial charge in [0.05, 0.1) is 11.7 Å². The molecule has 1 fully saturated rings. The molecule has 0 spiro atoms. The molecule has 1 aliphatic rings. The van der Waals surface area contributed by atoms with Gasteiger partial charge in [-0.3, -0.25) is 9.78 Å². The Morgan fingerprint density at radius 1 is 0.969 bits per heavy atom. The molecule has 0 aliphatic carbocycles. The molecular weight excluding hydrogens is 429 g/mol. The monoisotopic (exact) mass is 453 g/mol. The number of pyridine rings is 1. The molecule has 2 aromatic carbocycles. The van der Waals surface area contributed by atoms with Crippen molar-refractivity contribution in [3.8, 4) is 0 Å². The zero-order chi connectivity index (χ0) is 22.6. The van der Waals surface area contributed by atoms with Gasteiger partial charge in [-0.2, -0.15) is 4.31 Å². The molecule has 1 saturated heterocycles. The third-order valence-corrected chi connectivity index (χ3v) is 7.61. The van der Waals surface area contributed by atoms with Crippen molar-refractivity contribution in [3.63, 3.8) is 0 Å². The van der Waals surface area contributed by atoms with Gasteiger partial charge < -0.3 is 5.32 Å². The first-order valence-electron chi connectivity index (χ1n) is 10.5. The van der Waals surface area contributed by atoms with Gasteiger partial charge in [-0.25, -0.2) is 12.8 Å². The number of hydrogen-bond acceptors (Lipinski definition) is 4. The van der Waals surface area contributed by atoms with E-state index in [0.717, 1.165) is 17.3 Å². The highest BCUT2D eigenvalue weighted by molar-refractivity contribution is 7.89. The number of hydrogen-bond donors (Lipinski definition) is 1. The highest BCUT2D eigenvalue weighted by Gasteiger charge is 2.34. The Morgan fingerprint density at radius 2 is 1.62 bits per heavy atom. The van der Waals surface area contributed by atoms with Crippen LogP contribution in [0.1, 0.15) is 30.1 Å². The number of nitrogens with one attached hydrogen (secondary N) is 1. The van der Waals surface area contributed by atoms with Crippen molar-refractivity contribution in [2.24, 2.45) is 5.92 Å². The predicted molar refractivity (Wildman–Crippen MR) is 119 cm³/mol. The highest BCUT2D eigenvalue weighted by atomic mass is 32.2. The molecule has 1 unspecified atom stereocenters. The van der Waals surface area contributed by atoms with Crippen LogP contribution in [0.25, 0.3) is 0 Å². The molecule has 8 heteroatoms. The van der Waals surface area contributed by atoms with E-state index in [-0.39, 0.29) is 29.8 Å². The van der Waals surface area contributed by atoms with Crippen LogP contribution >= 0.6 is 0 Å². The van der Waals surface area contributed by atoms with Crippen LogP contribution in [0.3, 0.4) is 0 Å². The van der Waals surface area contributed by atoms with E-state index in [1.807, 2.05) is 48.5 Å². The molecule has 1 aromatic heterocycles. The van der Waals surface area contributed by atoms with E-state index in [2.05, 4.69) is 10.3 Å². The minimum absolute atomic E-state index is 0.146. The van der Waals surface area contributed by atoms with E-state index >= 15 is 0 Å². The summed E-state index contributed by atoms with van der Waals surface area (Å²) in [5.41, 5.74) is 1.64. The molecule has 4 rings (SSSR count). The molecule has 3 aromatic rings. The Labute approximate surface area is 187 Å². The number of amides is 1. The van der Waals surface area contributed by atoms with Crippen LogP contribution in [-0.2, 0) is 14.8 Å². The summed E-state index contributed by atoms with van der Waals surface area (Å²) in [5, 5.41) is 3.08. The van der Waals surface area contributed by atoms with Gasteiger partial charge in [0.15, 0.2) is 0 Å². The second kappa shape index (κ2) is 9.58. The number of carbonyl (C=O) groups excluding carboxylic acids is 1. The fraction of sp³-hybridized carbons (Fsp3) is 0.250. The Hall–Kier alpha value is -3.10. The van der Waals surface area contributed by atoms with Crippen LogP contribution in [0.4, 0.5) is 4.39 Å². The molecule has 0 bridgehead atoms. The molecule has 0 radical (unpaired) electrons. The lowest BCUT2D eigenvalue weighted by atomic mass is 9.95.